The number of rotatable bonds is 14. The number of carbonyl (C=O) groups excluding carboxylic acids is 4. The molecule has 0 bridgehead atoms. The molecule has 0 amide bonds. The Kier molecular flexibility index (Phi) is 13.5. The maximum Gasteiger partial charge on any atom is 0.303 e. The van der Waals surface area contributed by atoms with Gasteiger partial charge in [-0.3, -0.25) is 19.2 Å². The first-order valence-electron chi connectivity index (χ1n) is 10.3. The molecule has 1 aliphatic heterocycles. The molecule has 1 rings (SSSR count). The first-order chi connectivity index (χ1) is 15.6. The first-order valence-corrected chi connectivity index (χ1v) is 10.3. The van der Waals surface area contributed by atoms with Gasteiger partial charge in [0, 0.05) is 27.7 Å². The van der Waals surface area contributed by atoms with Crippen LogP contribution in [0.2, 0.25) is 0 Å². The minimum Gasteiger partial charge on any atom is -0.463 e. The Labute approximate surface area is 191 Å². The summed E-state index contributed by atoms with van der Waals surface area (Å²) in [7, 11) is 0. The van der Waals surface area contributed by atoms with Crippen molar-refractivity contribution in [2.75, 3.05) is 46.2 Å². The van der Waals surface area contributed by atoms with Gasteiger partial charge in [-0.25, -0.2) is 0 Å². The number of aliphatic hydroxyl groups is 1. The molecule has 13 nitrogen and oxygen atoms in total. The number of ether oxygens (including phenoxy) is 8. The Bertz CT molecular complexity index is 637. The van der Waals surface area contributed by atoms with Crippen LogP contribution < -0.4 is 0 Å². The molecule has 0 radical (unpaired) electrons. The molecule has 1 aliphatic rings. The zero-order chi connectivity index (χ0) is 24.8. The summed E-state index contributed by atoms with van der Waals surface area (Å²) in [4.78, 5) is 46.4. The highest BCUT2D eigenvalue weighted by atomic mass is 16.7. The summed E-state index contributed by atoms with van der Waals surface area (Å²) >= 11 is 0. The molecule has 190 valence electrons. The van der Waals surface area contributed by atoms with Crippen LogP contribution in [-0.2, 0) is 57.1 Å². The lowest BCUT2D eigenvalue weighted by molar-refractivity contribution is -0.309. The maximum absolute atomic E-state index is 11.7. The second-order valence-electron chi connectivity index (χ2n) is 6.89. The van der Waals surface area contributed by atoms with E-state index in [1.807, 2.05) is 0 Å². The van der Waals surface area contributed by atoms with E-state index in [1.165, 1.54) is 6.92 Å². The van der Waals surface area contributed by atoms with Crippen LogP contribution in [-0.4, -0.2) is 106 Å². The topological polar surface area (TPSA) is 162 Å². The van der Waals surface area contributed by atoms with E-state index in [0.717, 1.165) is 20.8 Å². The first kappa shape index (κ1) is 28.7. The summed E-state index contributed by atoms with van der Waals surface area (Å²) in [5.74, 6) is -2.77. The van der Waals surface area contributed by atoms with E-state index in [2.05, 4.69) is 0 Å². The Balaban J connectivity index is 2.95. The zero-order valence-electron chi connectivity index (χ0n) is 19.2. The van der Waals surface area contributed by atoms with Crippen LogP contribution in [0.15, 0.2) is 0 Å². The van der Waals surface area contributed by atoms with Crippen molar-refractivity contribution in [2.45, 2.75) is 58.4 Å². The molecule has 0 aromatic rings. The van der Waals surface area contributed by atoms with Crippen molar-refractivity contribution in [3.63, 3.8) is 0 Å². The van der Waals surface area contributed by atoms with Crippen molar-refractivity contribution >= 4 is 23.9 Å². The minimum absolute atomic E-state index is 0.00621. The van der Waals surface area contributed by atoms with Gasteiger partial charge >= 0.3 is 23.9 Å². The minimum atomic E-state index is -1.29. The van der Waals surface area contributed by atoms with Gasteiger partial charge < -0.3 is 43.0 Å². The van der Waals surface area contributed by atoms with Crippen LogP contribution >= 0.6 is 0 Å². The molecule has 5 atom stereocenters. The molecule has 1 fully saturated rings. The summed E-state index contributed by atoms with van der Waals surface area (Å²) in [5.41, 5.74) is 0. The van der Waals surface area contributed by atoms with Crippen LogP contribution in [0.3, 0.4) is 0 Å². The molecule has 0 aromatic carbocycles. The lowest BCUT2D eigenvalue weighted by Gasteiger charge is -2.44. The molecule has 0 saturated carbocycles. The predicted molar refractivity (Wildman–Crippen MR) is 107 cm³/mol. The normalized spacial score (nSPS) is 24.6. The van der Waals surface area contributed by atoms with Crippen LogP contribution in [0.5, 0.6) is 0 Å². The predicted octanol–water partition coefficient (Wildman–Crippen LogP) is -0.888. The Morgan fingerprint density at radius 2 is 1.21 bits per heavy atom. The smallest absolute Gasteiger partial charge is 0.303 e. The van der Waals surface area contributed by atoms with Gasteiger partial charge in [-0.2, -0.15) is 0 Å². The fourth-order valence-corrected chi connectivity index (χ4v) is 2.93. The summed E-state index contributed by atoms with van der Waals surface area (Å²) in [6, 6.07) is 0. The van der Waals surface area contributed by atoms with Crippen molar-refractivity contribution in [1.29, 1.82) is 0 Å². The number of hydrogen-bond donors (Lipinski definition) is 1. The molecule has 33 heavy (non-hydrogen) atoms. The highest BCUT2D eigenvalue weighted by molar-refractivity contribution is 5.68. The summed E-state index contributed by atoms with van der Waals surface area (Å²) < 4.78 is 42.7. The number of esters is 4. The Hall–Kier alpha value is -2.32. The van der Waals surface area contributed by atoms with Crippen LogP contribution in [0.1, 0.15) is 27.7 Å². The molecule has 1 N–H and O–H groups in total. The molecule has 0 aliphatic carbocycles. The standard InChI is InChI=1S/C20H32O13/c1-12(22)29-11-16-17(30-13(2)23)18(31-14(3)24)19(32-15(4)25)20(33-16)28-10-9-27-8-7-26-6-5-21/h16-21H,5-11H2,1-4H3/t16?,17-,18+,19?,20+/m1/s1. The molecule has 1 saturated heterocycles. The van der Waals surface area contributed by atoms with Crippen molar-refractivity contribution in [3.8, 4) is 0 Å². The van der Waals surface area contributed by atoms with Gasteiger partial charge in [0.05, 0.1) is 39.6 Å². The van der Waals surface area contributed by atoms with Crippen LogP contribution in [0, 0.1) is 0 Å². The van der Waals surface area contributed by atoms with E-state index in [0.29, 0.717) is 0 Å². The van der Waals surface area contributed by atoms with Crippen molar-refractivity contribution in [1.82, 2.24) is 0 Å². The van der Waals surface area contributed by atoms with E-state index in [1.54, 1.807) is 0 Å². The van der Waals surface area contributed by atoms with Gasteiger partial charge in [-0.05, 0) is 0 Å². The van der Waals surface area contributed by atoms with E-state index < -0.39 is 54.6 Å². The lowest BCUT2D eigenvalue weighted by atomic mass is 9.98. The monoisotopic (exact) mass is 480 g/mol. The third-order valence-electron chi connectivity index (χ3n) is 4.07. The van der Waals surface area contributed by atoms with E-state index in [9.17, 15) is 19.2 Å². The third kappa shape index (κ3) is 11.4. The van der Waals surface area contributed by atoms with Crippen molar-refractivity contribution in [2.24, 2.45) is 0 Å². The highest BCUT2D eigenvalue weighted by Crippen LogP contribution is 2.29. The van der Waals surface area contributed by atoms with Gasteiger partial charge in [0.25, 0.3) is 0 Å². The van der Waals surface area contributed by atoms with Gasteiger partial charge in [0.15, 0.2) is 24.6 Å². The summed E-state index contributed by atoms with van der Waals surface area (Å²) in [6.07, 6.45) is -6.14. The van der Waals surface area contributed by atoms with Gasteiger partial charge in [0.1, 0.15) is 12.7 Å². The maximum atomic E-state index is 11.7. The largest absolute Gasteiger partial charge is 0.463 e. The second kappa shape index (κ2) is 15.5. The van der Waals surface area contributed by atoms with E-state index in [4.69, 9.17) is 43.0 Å². The molecular weight excluding hydrogens is 448 g/mol. The van der Waals surface area contributed by atoms with Gasteiger partial charge in [-0.1, -0.05) is 0 Å². The van der Waals surface area contributed by atoms with Crippen LogP contribution in [0.25, 0.3) is 0 Å². The zero-order valence-corrected chi connectivity index (χ0v) is 19.2. The van der Waals surface area contributed by atoms with Crippen molar-refractivity contribution < 1.29 is 62.2 Å². The highest BCUT2D eigenvalue weighted by Gasteiger charge is 2.52. The number of hydrogen-bond acceptors (Lipinski definition) is 13. The van der Waals surface area contributed by atoms with Gasteiger partial charge in [0.2, 0.25) is 0 Å². The Morgan fingerprint density at radius 3 is 1.76 bits per heavy atom. The lowest BCUT2D eigenvalue weighted by Crippen LogP contribution is -2.63. The average Bonchev–Trinajstić information content (AvgIpc) is 2.71. The molecule has 2 unspecified atom stereocenters. The van der Waals surface area contributed by atoms with Gasteiger partial charge in [-0.15, -0.1) is 0 Å². The van der Waals surface area contributed by atoms with Crippen molar-refractivity contribution in [3.05, 3.63) is 0 Å². The SMILES string of the molecule is CC(=O)OCC1O[C@H](OCCOCCOCCO)C(OC(C)=O)[C@@H](OC(C)=O)[C@@H]1OC(C)=O. The van der Waals surface area contributed by atoms with Crippen LogP contribution in [0.4, 0.5) is 0 Å². The number of carbonyl (C=O) groups is 4. The quantitative estimate of drug-likeness (QED) is 0.185. The molecule has 0 aromatic heterocycles. The summed E-state index contributed by atoms with van der Waals surface area (Å²) in [5, 5.41) is 8.65. The van der Waals surface area contributed by atoms with E-state index >= 15 is 0 Å². The third-order valence-corrected chi connectivity index (χ3v) is 4.07. The average molecular weight is 480 g/mol. The Morgan fingerprint density at radius 1 is 0.697 bits per heavy atom. The molecule has 0 spiro atoms. The fourth-order valence-electron chi connectivity index (χ4n) is 2.93. The molecule has 1 heterocycles. The van der Waals surface area contributed by atoms with E-state index in [-0.39, 0.29) is 46.2 Å². The summed E-state index contributed by atoms with van der Waals surface area (Å²) in [6.45, 7) is 5.01. The molecule has 13 heteroatoms. The number of aliphatic hydroxyl groups excluding tert-OH is 1. The molecular formula is C20H32O13. The fraction of sp³-hybridized carbons (Fsp3) is 0.800. The second-order valence-corrected chi connectivity index (χ2v) is 6.89.